The number of halogens is 1. The highest BCUT2D eigenvalue weighted by Crippen LogP contribution is 2.26. The number of aryl methyl sites for hydroxylation is 2. The maximum Gasteiger partial charge on any atom is 0.330 e. The molecule has 0 fully saturated rings. The third-order valence-electron chi connectivity index (χ3n) is 4.84. The van der Waals surface area contributed by atoms with E-state index in [1.54, 1.807) is 17.9 Å². The van der Waals surface area contributed by atoms with Crippen molar-refractivity contribution >= 4 is 28.7 Å². The van der Waals surface area contributed by atoms with Crippen LogP contribution >= 0.6 is 11.6 Å². The van der Waals surface area contributed by atoms with E-state index in [-0.39, 0.29) is 23.3 Å². The molecule has 0 atom stereocenters. The zero-order valence-corrected chi connectivity index (χ0v) is 17.5. The zero-order chi connectivity index (χ0) is 21.1. The number of anilines is 1. The van der Waals surface area contributed by atoms with Gasteiger partial charge in [-0.2, -0.15) is 9.97 Å². The molecule has 0 aliphatic carbocycles. The molecule has 0 spiro atoms. The van der Waals surface area contributed by atoms with Crippen LogP contribution in [-0.4, -0.2) is 31.2 Å². The van der Waals surface area contributed by atoms with Gasteiger partial charge in [-0.3, -0.25) is 14.1 Å². The van der Waals surface area contributed by atoms with E-state index in [4.69, 9.17) is 28.5 Å². The lowest BCUT2D eigenvalue weighted by molar-refractivity contribution is 0.406. The SMILES string of the molecule is C#CCCCCn1c(=O)n(Cc2ncc(C)c(OC)c2C)c2nc(N)nc(Cl)c21. The molecule has 29 heavy (non-hydrogen) atoms. The topological polar surface area (TPSA) is 101 Å². The van der Waals surface area contributed by atoms with Gasteiger partial charge in [0.2, 0.25) is 5.95 Å². The number of pyridine rings is 1. The number of nitrogens with two attached hydrogens (primary N) is 1. The molecule has 2 N–H and O–H groups in total. The number of ether oxygens (including phenoxy) is 1. The van der Waals surface area contributed by atoms with Gasteiger partial charge in [0.1, 0.15) is 11.3 Å². The van der Waals surface area contributed by atoms with E-state index in [0.29, 0.717) is 29.8 Å². The number of terminal acetylenes is 1. The summed E-state index contributed by atoms with van der Waals surface area (Å²) in [6, 6.07) is 0. The lowest BCUT2D eigenvalue weighted by atomic mass is 10.1. The highest BCUT2D eigenvalue weighted by Gasteiger charge is 2.21. The van der Waals surface area contributed by atoms with Crippen LogP contribution in [0.1, 0.15) is 36.1 Å². The third-order valence-corrected chi connectivity index (χ3v) is 5.10. The predicted molar refractivity (Wildman–Crippen MR) is 113 cm³/mol. The van der Waals surface area contributed by atoms with Crippen molar-refractivity contribution in [3.63, 3.8) is 0 Å². The van der Waals surface area contributed by atoms with Crippen LogP contribution in [0.25, 0.3) is 11.2 Å². The standard InChI is InChI=1S/C20H23ClN6O2/c1-5-6-7-8-9-26-15-17(21)24-19(22)25-18(15)27(20(26)28)11-14-13(3)16(29-4)12(2)10-23-14/h1,10H,6-9,11H2,2-4H3,(H2,22,24,25). The Labute approximate surface area is 173 Å². The van der Waals surface area contributed by atoms with Gasteiger partial charge in [0.15, 0.2) is 10.8 Å². The summed E-state index contributed by atoms with van der Waals surface area (Å²) >= 11 is 6.32. The van der Waals surface area contributed by atoms with Gasteiger partial charge in [-0.1, -0.05) is 11.6 Å². The average Bonchev–Trinajstić information content (AvgIpc) is 2.93. The van der Waals surface area contributed by atoms with E-state index in [1.807, 2.05) is 13.8 Å². The van der Waals surface area contributed by atoms with Crippen LogP contribution in [0.4, 0.5) is 5.95 Å². The molecule has 0 aliphatic heterocycles. The normalized spacial score (nSPS) is 11.0. The summed E-state index contributed by atoms with van der Waals surface area (Å²) in [5.74, 6) is 3.35. The third kappa shape index (κ3) is 3.91. The van der Waals surface area contributed by atoms with Gasteiger partial charge in [-0.15, -0.1) is 12.3 Å². The molecular formula is C20H23ClN6O2. The number of hydrogen-bond acceptors (Lipinski definition) is 6. The average molecular weight is 415 g/mol. The number of rotatable bonds is 7. The molecule has 3 aromatic heterocycles. The maximum absolute atomic E-state index is 13.2. The van der Waals surface area contributed by atoms with Crippen LogP contribution < -0.4 is 16.2 Å². The van der Waals surface area contributed by atoms with E-state index in [0.717, 1.165) is 29.7 Å². The van der Waals surface area contributed by atoms with Crippen LogP contribution in [0.3, 0.4) is 0 Å². The molecule has 152 valence electrons. The second-order valence-corrected chi connectivity index (χ2v) is 7.13. The quantitative estimate of drug-likeness (QED) is 0.362. The second kappa shape index (κ2) is 8.53. The first-order valence-corrected chi connectivity index (χ1v) is 9.61. The first-order valence-electron chi connectivity index (χ1n) is 9.23. The minimum Gasteiger partial charge on any atom is -0.496 e. The monoisotopic (exact) mass is 414 g/mol. The predicted octanol–water partition coefficient (Wildman–Crippen LogP) is 2.70. The molecule has 0 bridgehead atoms. The van der Waals surface area contributed by atoms with E-state index in [1.165, 1.54) is 4.57 Å². The molecular weight excluding hydrogens is 392 g/mol. The molecule has 3 aromatic rings. The van der Waals surface area contributed by atoms with Gasteiger partial charge in [-0.05, 0) is 26.7 Å². The summed E-state index contributed by atoms with van der Waals surface area (Å²) in [6.45, 7) is 4.50. The summed E-state index contributed by atoms with van der Waals surface area (Å²) in [7, 11) is 1.61. The summed E-state index contributed by atoms with van der Waals surface area (Å²) in [6.07, 6.45) is 9.23. The summed E-state index contributed by atoms with van der Waals surface area (Å²) in [5.41, 5.74) is 8.88. The van der Waals surface area contributed by atoms with Crippen molar-refractivity contribution in [1.29, 1.82) is 0 Å². The lowest BCUT2D eigenvalue weighted by Gasteiger charge is -2.12. The van der Waals surface area contributed by atoms with Gasteiger partial charge >= 0.3 is 5.69 Å². The van der Waals surface area contributed by atoms with Gasteiger partial charge in [0.25, 0.3) is 0 Å². The number of unbranched alkanes of at least 4 members (excludes halogenated alkanes) is 2. The Morgan fingerprint density at radius 1 is 1.28 bits per heavy atom. The minimum atomic E-state index is -0.247. The van der Waals surface area contributed by atoms with Gasteiger partial charge in [0.05, 0.1) is 19.3 Å². The van der Waals surface area contributed by atoms with E-state index >= 15 is 0 Å². The van der Waals surface area contributed by atoms with Gasteiger partial charge in [-0.25, -0.2) is 4.79 Å². The number of fused-ring (bicyclic) bond motifs is 1. The zero-order valence-electron chi connectivity index (χ0n) is 16.7. The van der Waals surface area contributed by atoms with Crippen molar-refractivity contribution in [1.82, 2.24) is 24.1 Å². The fourth-order valence-electron chi connectivity index (χ4n) is 3.41. The van der Waals surface area contributed by atoms with Crippen LogP contribution in [-0.2, 0) is 13.1 Å². The molecule has 3 rings (SSSR count). The summed E-state index contributed by atoms with van der Waals surface area (Å²) < 4.78 is 8.57. The lowest BCUT2D eigenvalue weighted by Crippen LogP contribution is -2.25. The Bertz CT molecular complexity index is 1160. The largest absolute Gasteiger partial charge is 0.496 e. The molecule has 0 saturated heterocycles. The minimum absolute atomic E-state index is 0.00639. The van der Waals surface area contributed by atoms with Crippen molar-refractivity contribution in [2.75, 3.05) is 12.8 Å². The number of nitrogens with zero attached hydrogens (tertiary/aromatic N) is 5. The van der Waals surface area contributed by atoms with Crippen molar-refractivity contribution in [3.8, 4) is 18.1 Å². The van der Waals surface area contributed by atoms with E-state index in [9.17, 15) is 4.79 Å². The Hall–Kier alpha value is -3.05. The van der Waals surface area contributed by atoms with Crippen LogP contribution in [0.5, 0.6) is 5.75 Å². The van der Waals surface area contributed by atoms with Crippen LogP contribution in [0.15, 0.2) is 11.0 Å². The van der Waals surface area contributed by atoms with Crippen LogP contribution in [0.2, 0.25) is 5.15 Å². The van der Waals surface area contributed by atoms with Crippen molar-refractivity contribution < 1.29 is 4.74 Å². The van der Waals surface area contributed by atoms with E-state index in [2.05, 4.69) is 20.9 Å². The van der Waals surface area contributed by atoms with Crippen molar-refractivity contribution in [2.24, 2.45) is 0 Å². The fraction of sp³-hybridized carbons (Fsp3) is 0.400. The number of nitrogen functional groups attached to an aromatic ring is 1. The molecule has 8 nitrogen and oxygen atoms in total. The smallest absolute Gasteiger partial charge is 0.330 e. The summed E-state index contributed by atoms with van der Waals surface area (Å²) in [5, 5.41) is 0.145. The van der Waals surface area contributed by atoms with Crippen molar-refractivity contribution in [3.05, 3.63) is 38.7 Å². The molecule has 3 heterocycles. The number of imidazole rings is 1. The first-order chi connectivity index (χ1) is 13.9. The Morgan fingerprint density at radius 2 is 2.03 bits per heavy atom. The molecule has 0 radical (unpaired) electrons. The Morgan fingerprint density at radius 3 is 2.72 bits per heavy atom. The highest BCUT2D eigenvalue weighted by molar-refractivity contribution is 6.33. The second-order valence-electron chi connectivity index (χ2n) is 6.77. The highest BCUT2D eigenvalue weighted by atomic mass is 35.5. The Kier molecular flexibility index (Phi) is 6.09. The molecule has 0 aromatic carbocycles. The van der Waals surface area contributed by atoms with Gasteiger partial charge < -0.3 is 10.5 Å². The fourth-order valence-corrected chi connectivity index (χ4v) is 3.68. The molecule has 0 aliphatic rings. The molecule has 0 unspecified atom stereocenters. The first kappa shape index (κ1) is 20.7. The number of aromatic nitrogens is 5. The number of hydrogen-bond donors (Lipinski definition) is 1. The van der Waals surface area contributed by atoms with Gasteiger partial charge in [0, 0.05) is 30.3 Å². The molecule has 9 heteroatoms. The van der Waals surface area contributed by atoms with Crippen molar-refractivity contribution in [2.45, 2.75) is 46.2 Å². The molecule has 0 amide bonds. The maximum atomic E-state index is 13.2. The summed E-state index contributed by atoms with van der Waals surface area (Å²) in [4.78, 5) is 26.0. The Balaban J connectivity index is 2.12. The van der Waals surface area contributed by atoms with Crippen LogP contribution in [0, 0.1) is 26.2 Å². The number of methoxy groups -OCH3 is 1. The molecule has 0 saturated carbocycles. The van der Waals surface area contributed by atoms with E-state index < -0.39 is 0 Å².